The molecule has 0 radical (unpaired) electrons. The van der Waals surface area contributed by atoms with Crippen LogP contribution in [0.1, 0.15) is 45.4 Å². The summed E-state index contributed by atoms with van der Waals surface area (Å²) in [5.41, 5.74) is 0. The summed E-state index contributed by atoms with van der Waals surface area (Å²) in [6.45, 7) is 6.89. The van der Waals surface area contributed by atoms with Crippen molar-refractivity contribution < 1.29 is 8.42 Å². The molecule has 2 aliphatic rings. The second-order valence-electron chi connectivity index (χ2n) is 6.62. The van der Waals surface area contributed by atoms with Gasteiger partial charge in [-0.05, 0) is 71.1 Å². The lowest BCUT2D eigenvalue weighted by atomic mass is 10.0. The molecule has 2 unspecified atom stereocenters. The summed E-state index contributed by atoms with van der Waals surface area (Å²) in [6.07, 6.45) is 6.92. The highest BCUT2D eigenvalue weighted by molar-refractivity contribution is 7.89. The summed E-state index contributed by atoms with van der Waals surface area (Å²) in [7, 11) is -3.11. The zero-order chi connectivity index (χ0) is 15.1. The predicted octanol–water partition coefficient (Wildman–Crippen LogP) is 1.17. The minimum atomic E-state index is -3.11. The van der Waals surface area contributed by atoms with E-state index in [9.17, 15) is 8.42 Å². The minimum Gasteiger partial charge on any atom is -0.316 e. The van der Waals surface area contributed by atoms with Crippen LogP contribution in [0.2, 0.25) is 0 Å². The maximum atomic E-state index is 12.1. The molecule has 0 amide bonds. The van der Waals surface area contributed by atoms with Gasteiger partial charge in [0.05, 0.1) is 5.75 Å². The van der Waals surface area contributed by atoms with Gasteiger partial charge in [-0.2, -0.15) is 0 Å². The summed E-state index contributed by atoms with van der Waals surface area (Å²) in [5, 5.41) is 3.27. The highest BCUT2D eigenvalue weighted by Gasteiger charge is 2.21. The normalized spacial score (nSPS) is 28.6. The van der Waals surface area contributed by atoms with Gasteiger partial charge in [0.2, 0.25) is 10.0 Å². The summed E-state index contributed by atoms with van der Waals surface area (Å²) in [5.74, 6) is 0.554. The third-order valence-electron chi connectivity index (χ3n) is 4.74. The third kappa shape index (κ3) is 6.22. The summed E-state index contributed by atoms with van der Waals surface area (Å²) in [4.78, 5) is 2.49. The summed E-state index contributed by atoms with van der Waals surface area (Å²) >= 11 is 0. The predicted molar refractivity (Wildman–Crippen MR) is 86.9 cm³/mol. The molecule has 124 valence electrons. The van der Waals surface area contributed by atoms with Crippen molar-refractivity contribution in [1.29, 1.82) is 0 Å². The molecule has 2 atom stereocenters. The van der Waals surface area contributed by atoms with Crippen LogP contribution in [0.3, 0.4) is 0 Å². The van der Waals surface area contributed by atoms with E-state index >= 15 is 0 Å². The minimum absolute atomic E-state index is 0.276. The number of hydrogen-bond acceptors (Lipinski definition) is 4. The highest BCUT2D eigenvalue weighted by atomic mass is 32.2. The standard InChI is InChI=1S/C15H31N3O2S/c1-14-6-2-3-10-18(14)11-5-9-17-21(19,20)13-15-7-4-8-16-12-15/h14-17H,2-13H2,1H3. The van der Waals surface area contributed by atoms with E-state index in [0.29, 0.717) is 12.6 Å². The van der Waals surface area contributed by atoms with E-state index in [1.54, 1.807) is 0 Å². The second-order valence-corrected chi connectivity index (χ2v) is 8.47. The Labute approximate surface area is 129 Å². The van der Waals surface area contributed by atoms with Crippen LogP contribution in [-0.4, -0.2) is 57.8 Å². The fourth-order valence-corrected chi connectivity index (χ4v) is 4.91. The first-order chi connectivity index (χ1) is 10.1. The molecule has 2 heterocycles. The van der Waals surface area contributed by atoms with E-state index in [2.05, 4.69) is 21.9 Å². The Balaban J connectivity index is 1.62. The van der Waals surface area contributed by atoms with Crippen molar-refractivity contribution in [3.63, 3.8) is 0 Å². The van der Waals surface area contributed by atoms with E-state index < -0.39 is 10.0 Å². The van der Waals surface area contributed by atoms with Crippen molar-refractivity contribution in [2.45, 2.75) is 51.5 Å². The van der Waals surface area contributed by atoms with Gasteiger partial charge in [0, 0.05) is 12.6 Å². The Morgan fingerprint density at radius 3 is 2.81 bits per heavy atom. The van der Waals surface area contributed by atoms with Crippen LogP contribution < -0.4 is 10.0 Å². The van der Waals surface area contributed by atoms with Crippen LogP contribution in [0.4, 0.5) is 0 Å². The molecule has 0 aliphatic carbocycles. The van der Waals surface area contributed by atoms with Crippen LogP contribution in [0.5, 0.6) is 0 Å². The van der Waals surface area contributed by atoms with Crippen LogP contribution in [0, 0.1) is 5.92 Å². The molecule has 0 bridgehead atoms. The van der Waals surface area contributed by atoms with Gasteiger partial charge in [-0.1, -0.05) is 6.42 Å². The number of nitrogens with zero attached hydrogens (tertiary/aromatic N) is 1. The van der Waals surface area contributed by atoms with Crippen LogP contribution in [-0.2, 0) is 10.0 Å². The molecule has 2 N–H and O–H groups in total. The Morgan fingerprint density at radius 1 is 1.24 bits per heavy atom. The molecule has 0 aromatic carbocycles. The first-order valence-electron chi connectivity index (χ1n) is 8.49. The maximum absolute atomic E-state index is 12.1. The molecule has 2 saturated heterocycles. The molecular weight excluding hydrogens is 286 g/mol. The molecular formula is C15H31N3O2S. The first kappa shape index (κ1) is 17.2. The Bertz CT molecular complexity index is 394. The van der Waals surface area contributed by atoms with Gasteiger partial charge in [-0.15, -0.1) is 0 Å². The maximum Gasteiger partial charge on any atom is 0.211 e. The third-order valence-corrected chi connectivity index (χ3v) is 6.29. The van der Waals surface area contributed by atoms with Gasteiger partial charge in [0.15, 0.2) is 0 Å². The van der Waals surface area contributed by atoms with Crippen molar-refractivity contribution in [3.8, 4) is 0 Å². The Kier molecular flexibility index (Phi) is 6.92. The quantitative estimate of drug-likeness (QED) is 0.692. The molecule has 2 rings (SSSR count). The van der Waals surface area contributed by atoms with Crippen LogP contribution in [0.15, 0.2) is 0 Å². The van der Waals surface area contributed by atoms with Crippen molar-refractivity contribution in [1.82, 2.24) is 14.9 Å². The molecule has 2 aliphatic heterocycles. The molecule has 5 nitrogen and oxygen atoms in total. The van der Waals surface area contributed by atoms with E-state index in [-0.39, 0.29) is 11.7 Å². The van der Waals surface area contributed by atoms with Gasteiger partial charge < -0.3 is 10.2 Å². The Hall–Kier alpha value is -0.170. The number of sulfonamides is 1. The summed E-state index contributed by atoms with van der Waals surface area (Å²) in [6, 6.07) is 0.656. The van der Waals surface area contributed by atoms with E-state index in [4.69, 9.17) is 0 Å². The van der Waals surface area contributed by atoms with Crippen LogP contribution >= 0.6 is 0 Å². The topological polar surface area (TPSA) is 61.4 Å². The monoisotopic (exact) mass is 317 g/mol. The van der Waals surface area contributed by atoms with Crippen LogP contribution in [0.25, 0.3) is 0 Å². The SMILES string of the molecule is CC1CCCCN1CCCNS(=O)(=O)CC1CCCNC1. The van der Waals surface area contributed by atoms with Crippen molar-refractivity contribution in [2.24, 2.45) is 5.92 Å². The van der Waals surface area contributed by atoms with Gasteiger partial charge in [-0.3, -0.25) is 0 Å². The molecule has 2 fully saturated rings. The average molecular weight is 317 g/mol. The van der Waals surface area contributed by atoms with E-state index in [0.717, 1.165) is 38.9 Å². The largest absolute Gasteiger partial charge is 0.316 e. The molecule has 6 heteroatoms. The fourth-order valence-electron chi connectivity index (χ4n) is 3.44. The lowest BCUT2D eigenvalue weighted by Crippen LogP contribution is -2.40. The lowest BCUT2D eigenvalue weighted by molar-refractivity contribution is 0.159. The lowest BCUT2D eigenvalue weighted by Gasteiger charge is -2.33. The number of hydrogen-bond donors (Lipinski definition) is 2. The van der Waals surface area contributed by atoms with Gasteiger partial charge in [0.1, 0.15) is 0 Å². The number of likely N-dealkylation sites (tertiary alicyclic amines) is 1. The van der Waals surface area contributed by atoms with Crippen molar-refractivity contribution >= 4 is 10.0 Å². The number of rotatable bonds is 7. The van der Waals surface area contributed by atoms with Gasteiger partial charge in [-0.25, -0.2) is 13.1 Å². The molecule has 21 heavy (non-hydrogen) atoms. The van der Waals surface area contributed by atoms with Gasteiger partial charge in [0.25, 0.3) is 0 Å². The zero-order valence-corrected chi connectivity index (χ0v) is 14.1. The van der Waals surface area contributed by atoms with E-state index in [1.807, 2.05) is 0 Å². The van der Waals surface area contributed by atoms with Crippen molar-refractivity contribution in [2.75, 3.05) is 38.5 Å². The second kappa shape index (κ2) is 8.46. The summed E-state index contributed by atoms with van der Waals surface area (Å²) < 4.78 is 26.9. The molecule has 0 spiro atoms. The number of piperidine rings is 2. The smallest absolute Gasteiger partial charge is 0.211 e. The Morgan fingerprint density at radius 2 is 2.10 bits per heavy atom. The highest BCUT2D eigenvalue weighted by Crippen LogP contribution is 2.16. The van der Waals surface area contributed by atoms with Gasteiger partial charge >= 0.3 is 0 Å². The zero-order valence-electron chi connectivity index (χ0n) is 13.3. The average Bonchev–Trinajstić information content (AvgIpc) is 2.46. The molecule has 0 aromatic rings. The van der Waals surface area contributed by atoms with Crippen molar-refractivity contribution in [3.05, 3.63) is 0 Å². The number of nitrogens with one attached hydrogen (secondary N) is 2. The molecule has 0 saturated carbocycles. The fraction of sp³-hybridized carbons (Fsp3) is 1.00. The first-order valence-corrected chi connectivity index (χ1v) is 10.1. The molecule has 0 aromatic heterocycles. The van der Waals surface area contributed by atoms with E-state index in [1.165, 1.54) is 25.8 Å².